The SMILES string of the molecule is O=C(Nc1ccccc1)c1sc(-c2ccsc2)nc1-c1ccc([N+](=O)[O-])cc1. The lowest BCUT2D eigenvalue weighted by molar-refractivity contribution is -0.384. The van der Waals surface area contributed by atoms with Gasteiger partial charge in [0.25, 0.3) is 11.6 Å². The van der Waals surface area contributed by atoms with Gasteiger partial charge in [0.1, 0.15) is 9.88 Å². The van der Waals surface area contributed by atoms with Gasteiger partial charge in [-0.2, -0.15) is 11.3 Å². The summed E-state index contributed by atoms with van der Waals surface area (Å²) in [5, 5.41) is 18.4. The number of carbonyl (C=O) groups excluding carboxylic acids is 1. The van der Waals surface area contributed by atoms with E-state index in [1.165, 1.54) is 23.5 Å². The van der Waals surface area contributed by atoms with Crippen molar-refractivity contribution < 1.29 is 9.72 Å². The summed E-state index contributed by atoms with van der Waals surface area (Å²) < 4.78 is 0. The molecule has 4 rings (SSSR count). The van der Waals surface area contributed by atoms with Crippen LogP contribution in [-0.2, 0) is 0 Å². The van der Waals surface area contributed by atoms with Crippen LogP contribution in [-0.4, -0.2) is 15.8 Å². The Hall–Kier alpha value is -3.36. The van der Waals surface area contributed by atoms with Gasteiger partial charge in [-0.1, -0.05) is 18.2 Å². The van der Waals surface area contributed by atoms with Gasteiger partial charge in [0.2, 0.25) is 0 Å². The van der Waals surface area contributed by atoms with E-state index >= 15 is 0 Å². The van der Waals surface area contributed by atoms with Gasteiger partial charge in [0.15, 0.2) is 0 Å². The van der Waals surface area contributed by atoms with Crippen molar-refractivity contribution in [3.05, 3.63) is 86.4 Å². The van der Waals surface area contributed by atoms with Gasteiger partial charge in [0.05, 0.1) is 10.6 Å². The first-order chi connectivity index (χ1) is 13.6. The molecule has 0 atom stereocenters. The van der Waals surface area contributed by atoms with Crippen LogP contribution in [0.25, 0.3) is 21.8 Å². The Morgan fingerprint density at radius 2 is 1.75 bits per heavy atom. The number of aromatic nitrogens is 1. The molecule has 0 bridgehead atoms. The van der Waals surface area contributed by atoms with Crippen LogP contribution in [0.3, 0.4) is 0 Å². The Kier molecular flexibility index (Phi) is 4.96. The number of nitrogens with zero attached hydrogens (tertiary/aromatic N) is 2. The van der Waals surface area contributed by atoms with Crippen LogP contribution >= 0.6 is 22.7 Å². The maximum atomic E-state index is 12.9. The number of rotatable bonds is 5. The van der Waals surface area contributed by atoms with Crippen LogP contribution in [0.5, 0.6) is 0 Å². The lowest BCUT2D eigenvalue weighted by Crippen LogP contribution is -2.11. The molecule has 0 saturated heterocycles. The van der Waals surface area contributed by atoms with Crippen LogP contribution in [0.15, 0.2) is 71.4 Å². The van der Waals surface area contributed by atoms with E-state index < -0.39 is 4.92 Å². The van der Waals surface area contributed by atoms with Crippen LogP contribution in [0.4, 0.5) is 11.4 Å². The predicted molar refractivity (Wildman–Crippen MR) is 112 cm³/mol. The minimum Gasteiger partial charge on any atom is -0.321 e. The first-order valence-electron chi connectivity index (χ1n) is 8.26. The van der Waals surface area contributed by atoms with Gasteiger partial charge >= 0.3 is 0 Å². The summed E-state index contributed by atoms with van der Waals surface area (Å²) in [7, 11) is 0. The minimum atomic E-state index is -0.454. The van der Waals surface area contributed by atoms with E-state index in [1.807, 2.05) is 47.2 Å². The number of thiophene rings is 1. The summed E-state index contributed by atoms with van der Waals surface area (Å²) in [6.07, 6.45) is 0. The number of benzene rings is 2. The highest BCUT2D eigenvalue weighted by Gasteiger charge is 2.21. The van der Waals surface area contributed by atoms with E-state index in [-0.39, 0.29) is 11.6 Å². The molecule has 0 fully saturated rings. The van der Waals surface area contributed by atoms with Gasteiger partial charge in [-0.05, 0) is 35.7 Å². The molecule has 2 aromatic heterocycles. The van der Waals surface area contributed by atoms with E-state index in [1.54, 1.807) is 23.5 Å². The quantitative estimate of drug-likeness (QED) is 0.340. The molecule has 0 aliphatic carbocycles. The van der Waals surface area contributed by atoms with Crippen molar-refractivity contribution >= 4 is 40.0 Å². The molecule has 4 aromatic rings. The molecule has 0 aliphatic rings. The third-order valence-corrected chi connectivity index (χ3v) is 5.77. The monoisotopic (exact) mass is 407 g/mol. The molecule has 2 heterocycles. The van der Waals surface area contributed by atoms with Crippen LogP contribution in [0, 0.1) is 10.1 Å². The van der Waals surface area contributed by atoms with Crippen molar-refractivity contribution in [3.8, 4) is 21.8 Å². The third-order valence-electron chi connectivity index (χ3n) is 3.98. The van der Waals surface area contributed by atoms with Crippen LogP contribution < -0.4 is 5.32 Å². The normalized spacial score (nSPS) is 10.6. The highest BCUT2D eigenvalue weighted by Crippen LogP contribution is 2.35. The Balaban J connectivity index is 1.75. The number of hydrogen-bond donors (Lipinski definition) is 1. The fraction of sp³-hybridized carbons (Fsp3) is 0. The van der Waals surface area contributed by atoms with Crippen molar-refractivity contribution in [2.24, 2.45) is 0 Å². The van der Waals surface area contributed by atoms with Crippen molar-refractivity contribution in [3.63, 3.8) is 0 Å². The summed E-state index contributed by atoms with van der Waals surface area (Å²) in [6, 6.07) is 17.2. The highest BCUT2D eigenvalue weighted by molar-refractivity contribution is 7.18. The Morgan fingerprint density at radius 3 is 2.39 bits per heavy atom. The number of amides is 1. The van der Waals surface area contributed by atoms with Crippen molar-refractivity contribution in [2.45, 2.75) is 0 Å². The zero-order chi connectivity index (χ0) is 19.5. The third kappa shape index (κ3) is 3.68. The summed E-state index contributed by atoms with van der Waals surface area (Å²) in [5.41, 5.74) is 2.79. The maximum absolute atomic E-state index is 12.9. The number of anilines is 1. The molecule has 8 heteroatoms. The average Bonchev–Trinajstić information content (AvgIpc) is 3.39. The second-order valence-corrected chi connectivity index (χ2v) is 7.61. The molecule has 2 aromatic carbocycles. The number of hydrogen-bond acceptors (Lipinski definition) is 6. The Morgan fingerprint density at radius 1 is 1.00 bits per heavy atom. The van der Waals surface area contributed by atoms with Gasteiger partial charge in [0, 0.05) is 34.3 Å². The second-order valence-electron chi connectivity index (χ2n) is 5.83. The molecule has 0 spiro atoms. The molecule has 138 valence electrons. The predicted octanol–water partition coefficient (Wildman–Crippen LogP) is 5.70. The van der Waals surface area contributed by atoms with Gasteiger partial charge in [-0.3, -0.25) is 14.9 Å². The Labute approximate surface area is 168 Å². The fourth-order valence-corrected chi connectivity index (χ4v) is 4.32. The maximum Gasteiger partial charge on any atom is 0.269 e. The number of non-ortho nitro benzene ring substituents is 1. The van der Waals surface area contributed by atoms with E-state index in [4.69, 9.17) is 0 Å². The van der Waals surface area contributed by atoms with Crippen molar-refractivity contribution in [2.75, 3.05) is 5.32 Å². The van der Waals surface area contributed by atoms with Gasteiger partial charge in [-0.15, -0.1) is 11.3 Å². The molecule has 28 heavy (non-hydrogen) atoms. The van der Waals surface area contributed by atoms with E-state index in [0.29, 0.717) is 21.8 Å². The summed E-state index contributed by atoms with van der Waals surface area (Å²) in [6.45, 7) is 0. The first kappa shape index (κ1) is 18.0. The molecule has 1 N–H and O–H groups in total. The lowest BCUT2D eigenvalue weighted by Gasteiger charge is -2.05. The number of nitro groups is 1. The molecular formula is C20H13N3O3S2. The van der Waals surface area contributed by atoms with Crippen LogP contribution in [0.2, 0.25) is 0 Å². The van der Waals surface area contributed by atoms with Crippen LogP contribution in [0.1, 0.15) is 9.67 Å². The van der Waals surface area contributed by atoms with E-state index in [0.717, 1.165) is 10.6 Å². The van der Waals surface area contributed by atoms with Gasteiger partial charge in [-0.25, -0.2) is 4.98 Å². The zero-order valence-corrected chi connectivity index (χ0v) is 16.0. The second kappa shape index (κ2) is 7.71. The standard InChI is InChI=1S/C20H13N3O3S2/c24-19(21-15-4-2-1-3-5-15)18-17(13-6-8-16(9-7-13)23(25)26)22-20(28-18)14-10-11-27-12-14/h1-12H,(H,21,24). The zero-order valence-electron chi connectivity index (χ0n) is 14.4. The fourth-order valence-electron chi connectivity index (χ4n) is 2.63. The topological polar surface area (TPSA) is 85.1 Å². The first-order valence-corrected chi connectivity index (χ1v) is 10.0. The number of nitrogens with one attached hydrogen (secondary N) is 1. The molecule has 0 aliphatic heterocycles. The largest absolute Gasteiger partial charge is 0.321 e. The number of para-hydroxylation sites is 1. The molecule has 0 unspecified atom stereocenters. The number of thiazole rings is 1. The molecule has 0 saturated carbocycles. The lowest BCUT2D eigenvalue weighted by atomic mass is 10.1. The average molecular weight is 407 g/mol. The number of nitro benzene ring substituents is 1. The van der Waals surface area contributed by atoms with E-state index in [9.17, 15) is 14.9 Å². The molecule has 1 amide bonds. The molecular weight excluding hydrogens is 394 g/mol. The smallest absolute Gasteiger partial charge is 0.269 e. The van der Waals surface area contributed by atoms with Crippen molar-refractivity contribution in [1.29, 1.82) is 0 Å². The summed E-state index contributed by atoms with van der Waals surface area (Å²) in [4.78, 5) is 28.5. The Bertz CT molecular complexity index is 1120. The molecule has 6 nitrogen and oxygen atoms in total. The van der Waals surface area contributed by atoms with E-state index in [2.05, 4.69) is 10.3 Å². The molecule has 0 radical (unpaired) electrons. The number of carbonyl (C=O) groups is 1. The summed E-state index contributed by atoms with van der Waals surface area (Å²) in [5.74, 6) is -0.265. The van der Waals surface area contributed by atoms with Gasteiger partial charge < -0.3 is 5.32 Å². The van der Waals surface area contributed by atoms with Crippen molar-refractivity contribution in [1.82, 2.24) is 4.98 Å². The summed E-state index contributed by atoms with van der Waals surface area (Å²) >= 11 is 2.85. The minimum absolute atomic E-state index is 0.00711. The highest BCUT2D eigenvalue weighted by atomic mass is 32.1.